The molecule has 2 aromatic rings. The van der Waals surface area contributed by atoms with Gasteiger partial charge in [0.05, 0.1) is 5.52 Å². The first-order valence-electron chi connectivity index (χ1n) is 6.53. The average Bonchev–Trinajstić information content (AvgIpc) is 2.43. The number of aromatic nitrogens is 1. The summed E-state index contributed by atoms with van der Waals surface area (Å²) in [5, 5.41) is 4.72. The van der Waals surface area contributed by atoms with E-state index in [1.165, 1.54) is 22.5 Å². The number of rotatable bonds is 7. The summed E-state index contributed by atoms with van der Waals surface area (Å²) in [4.78, 5) is 4.48. The third kappa shape index (κ3) is 3.72. The van der Waals surface area contributed by atoms with Crippen molar-refractivity contribution in [3.05, 3.63) is 42.1 Å². The van der Waals surface area contributed by atoms with Gasteiger partial charge in [-0.2, -0.15) is 11.8 Å². The van der Waals surface area contributed by atoms with E-state index in [4.69, 9.17) is 0 Å². The van der Waals surface area contributed by atoms with Crippen molar-refractivity contribution in [3.8, 4) is 0 Å². The highest BCUT2D eigenvalue weighted by molar-refractivity contribution is 7.99. The van der Waals surface area contributed by atoms with E-state index in [9.17, 15) is 0 Å². The van der Waals surface area contributed by atoms with Crippen LogP contribution in [0.15, 0.2) is 36.5 Å². The minimum Gasteiger partial charge on any atom is -0.316 e. The van der Waals surface area contributed by atoms with Gasteiger partial charge in [-0.1, -0.05) is 31.2 Å². The van der Waals surface area contributed by atoms with Gasteiger partial charge in [-0.15, -0.1) is 0 Å². The first-order chi connectivity index (χ1) is 8.92. The van der Waals surface area contributed by atoms with Crippen LogP contribution in [0.4, 0.5) is 0 Å². The molecule has 1 N–H and O–H groups in total. The maximum atomic E-state index is 4.48. The molecule has 96 valence electrons. The molecule has 0 atom stereocenters. The summed E-state index contributed by atoms with van der Waals surface area (Å²) in [5.41, 5.74) is 2.48. The zero-order valence-electron chi connectivity index (χ0n) is 10.9. The quantitative estimate of drug-likeness (QED) is 0.774. The molecule has 0 aliphatic rings. The molecule has 1 heterocycles. The largest absolute Gasteiger partial charge is 0.316 e. The molecular weight excluding hydrogens is 240 g/mol. The summed E-state index contributed by atoms with van der Waals surface area (Å²) in [6, 6.07) is 10.5. The van der Waals surface area contributed by atoms with Crippen LogP contribution in [0.1, 0.15) is 12.5 Å². The summed E-state index contributed by atoms with van der Waals surface area (Å²) in [5.74, 6) is 2.40. The normalized spacial score (nSPS) is 10.9. The molecular formula is C15H20N2S. The van der Waals surface area contributed by atoms with Crippen molar-refractivity contribution in [1.82, 2.24) is 10.3 Å². The molecule has 3 heteroatoms. The number of hydrogen-bond acceptors (Lipinski definition) is 3. The Kier molecular flexibility index (Phi) is 5.49. The van der Waals surface area contributed by atoms with E-state index in [2.05, 4.69) is 41.5 Å². The summed E-state index contributed by atoms with van der Waals surface area (Å²) >= 11 is 1.98. The van der Waals surface area contributed by atoms with E-state index >= 15 is 0 Å². The third-order valence-electron chi connectivity index (χ3n) is 2.91. The van der Waals surface area contributed by atoms with Gasteiger partial charge in [-0.3, -0.25) is 4.98 Å². The highest BCUT2D eigenvalue weighted by Crippen LogP contribution is 2.15. The van der Waals surface area contributed by atoms with Crippen LogP contribution in [0.25, 0.3) is 10.9 Å². The number of pyridine rings is 1. The monoisotopic (exact) mass is 260 g/mol. The molecule has 0 fully saturated rings. The molecule has 18 heavy (non-hydrogen) atoms. The number of fused-ring (bicyclic) bond motifs is 1. The molecule has 1 aromatic heterocycles. The van der Waals surface area contributed by atoms with Crippen molar-refractivity contribution in [2.45, 2.75) is 13.3 Å². The minimum atomic E-state index is 1.03. The molecule has 0 saturated heterocycles. The van der Waals surface area contributed by atoms with Gasteiger partial charge in [0.15, 0.2) is 0 Å². The molecule has 1 aromatic carbocycles. The van der Waals surface area contributed by atoms with E-state index in [1.807, 2.05) is 24.0 Å². The van der Waals surface area contributed by atoms with Crippen LogP contribution >= 0.6 is 11.8 Å². The highest BCUT2D eigenvalue weighted by Gasteiger charge is 2.00. The summed E-state index contributed by atoms with van der Waals surface area (Å²) in [6.45, 7) is 4.32. The van der Waals surface area contributed by atoms with Gasteiger partial charge in [0.2, 0.25) is 0 Å². The molecule has 0 bridgehead atoms. The lowest BCUT2D eigenvalue weighted by molar-refractivity contribution is 0.722. The first-order valence-corrected chi connectivity index (χ1v) is 7.68. The van der Waals surface area contributed by atoms with Crippen molar-refractivity contribution >= 4 is 22.7 Å². The van der Waals surface area contributed by atoms with Crippen LogP contribution in [-0.4, -0.2) is 29.6 Å². The van der Waals surface area contributed by atoms with E-state index in [-0.39, 0.29) is 0 Å². The maximum Gasteiger partial charge on any atom is 0.0734 e. The molecule has 2 nitrogen and oxygen atoms in total. The van der Waals surface area contributed by atoms with Gasteiger partial charge < -0.3 is 5.32 Å². The summed E-state index contributed by atoms with van der Waals surface area (Å²) in [6.07, 6.45) is 2.92. The minimum absolute atomic E-state index is 1.03. The Labute approximate surface area is 113 Å². The zero-order chi connectivity index (χ0) is 12.6. The Bertz CT molecular complexity index is 479. The molecule has 0 saturated carbocycles. The topological polar surface area (TPSA) is 24.9 Å². The lowest BCUT2D eigenvalue weighted by atomic mass is 10.1. The number of benzene rings is 1. The Hall–Kier alpha value is -1.06. The molecule has 2 rings (SSSR count). The van der Waals surface area contributed by atoms with Crippen LogP contribution in [-0.2, 0) is 6.42 Å². The Morgan fingerprint density at radius 1 is 1.17 bits per heavy atom. The zero-order valence-corrected chi connectivity index (χ0v) is 11.7. The van der Waals surface area contributed by atoms with Crippen molar-refractivity contribution in [2.75, 3.05) is 24.6 Å². The van der Waals surface area contributed by atoms with Gasteiger partial charge in [-0.05, 0) is 30.3 Å². The predicted octanol–water partition coefficient (Wildman–Crippen LogP) is 3.12. The average molecular weight is 260 g/mol. The highest BCUT2D eigenvalue weighted by atomic mass is 32.2. The Balaban J connectivity index is 1.88. The molecule has 0 aliphatic heterocycles. The lowest BCUT2D eigenvalue weighted by Gasteiger charge is -2.07. The van der Waals surface area contributed by atoms with Crippen molar-refractivity contribution in [2.24, 2.45) is 0 Å². The fourth-order valence-electron chi connectivity index (χ4n) is 2.01. The number of para-hydroxylation sites is 1. The van der Waals surface area contributed by atoms with Gasteiger partial charge in [0.25, 0.3) is 0 Å². The van der Waals surface area contributed by atoms with E-state index in [0.717, 1.165) is 25.0 Å². The van der Waals surface area contributed by atoms with Crippen LogP contribution < -0.4 is 5.32 Å². The second-order valence-electron chi connectivity index (χ2n) is 4.19. The van der Waals surface area contributed by atoms with Crippen LogP contribution in [0.2, 0.25) is 0 Å². The van der Waals surface area contributed by atoms with Crippen molar-refractivity contribution in [1.29, 1.82) is 0 Å². The number of nitrogens with one attached hydrogen (secondary N) is 1. The van der Waals surface area contributed by atoms with Gasteiger partial charge in [0.1, 0.15) is 0 Å². The number of nitrogens with zero attached hydrogens (tertiary/aromatic N) is 1. The third-order valence-corrected chi connectivity index (χ3v) is 3.82. The molecule has 0 radical (unpaired) electrons. The fourth-order valence-corrected chi connectivity index (χ4v) is 2.58. The second-order valence-corrected chi connectivity index (χ2v) is 5.58. The van der Waals surface area contributed by atoms with E-state index < -0.39 is 0 Å². The molecule has 0 unspecified atom stereocenters. The predicted molar refractivity (Wildman–Crippen MR) is 81.3 cm³/mol. The van der Waals surface area contributed by atoms with Crippen LogP contribution in [0, 0.1) is 0 Å². The van der Waals surface area contributed by atoms with E-state index in [0.29, 0.717) is 0 Å². The number of thioether (sulfide) groups is 1. The standard InChI is InChI=1S/C15H20N2S/c1-2-18-12-11-16-10-8-14-6-3-5-13-7-4-9-17-15(13)14/h3-7,9,16H,2,8,10-12H2,1H3. The summed E-state index contributed by atoms with van der Waals surface area (Å²) in [7, 11) is 0. The fraction of sp³-hybridized carbons (Fsp3) is 0.400. The van der Waals surface area contributed by atoms with Gasteiger partial charge >= 0.3 is 0 Å². The van der Waals surface area contributed by atoms with Gasteiger partial charge in [0, 0.05) is 23.9 Å². The smallest absolute Gasteiger partial charge is 0.0734 e. The maximum absolute atomic E-state index is 4.48. The lowest BCUT2D eigenvalue weighted by Crippen LogP contribution is -2.20. The first kappa shape index (κ1) is 13.4. The van der Waals surface area contributed by atoms with Gasteiger partial charge in [-0.25, -0.2) is 0 Å². The Morgan fingerprint density at radius 3 is 2.94 bits per heavy atom. The second kappa shape index (κ2) is 7.39. The molecule has 0 spiro atoms. The molecule has 0 amide bonds. The number of hydrogen-bond donors (Lipinski definition) is 1. The van der Waals surface area contributed by atoms with Crippen molar-refractivity contribution in [3.63, 3.8) is 0 Å². The Morgan fingerprint density at radius 2 is 2.06 bits per heavy atom. The summed E-state index contributed by atoms with van der Waals surface area (Å²) < 4.78 is 0. The van der Waals surface area contributed by atoms with E-state index in [1.54, 1.807) is 0 Å². The van der Waals surface area contributed by atoms with Crippen LogP contribution in [0.3, 0.4) is 0 Å². The van der Waals surface area contributed by atoms with Crippen molar-refractivity contribution < 1.29 is 0 Å². The van der Waals surface area contributed by atoms with Crippen LogP contribution in [0.5, 0.6) is 0 Å². The SMILES string of the molecule is CCSCCNCCc1cccc2cccnc12. The molecule has 0 aliphatic carbocycles.